The van der Waals surface area contributed by atoms with E-state index in [-0.39, 0.29) is 17.2 Å². The molecule has 3 aromatic rings. The first-order valence-corrected chi connectivity index (χ1v) is 10.2. The summed E-state index contributed by atoms with van der Waals surface area (Å²) in [7, 11) is 6.37. The van der Waals surface area contributed by atoms with Crippen molar-refractivity contribution in [3.8, 4) is 11.1 Å². The Morgan fingerprint density at radius 2 is 1.90 bits per heavy atom. The van der Waals surface area contributed by atoms with E-state index < -0.39 is 0 Å². The first-order valence-electron chi connectivity index (χ1n) is 10.2. The minimum atomic E-state index is -0.162. The summed E-state index contributed by atoms with van der Waals surface area (Å²) in [5, 5.41) is 16.7. The van der Waals surface area contributed by atoms with Gasteiger partial charge in [0.15, 0.2) is 5.82 Å². The third-order valence-electron chi connectivity index (χ3n) is 5.51. The highest BCUT2D eigenvalue weighted by molar-refractivity contribution is 6.56. The lowest BCUT2D eigenvalue weighted by molar-refractivity contribution is -0.120. The van der Waals surface area contributed by atoms with Crippen LogP contribution < -0.4 is 5.32 Å². The Morgan fingerprint density at radius 3 is 2.59 bits per heavy atom. The SMILES string of the molecule is BC(B)(B)n1cc(-c2ccc3nnc(NC(=O)[C@H](C)N4CCCC4)cc3c2)cn1. The Labute approximate surface area is 173 Å². The lowest BCUT2D eigenvalue weighted by Gasteiger charge is -2.22. The molecule has 10 heteroatoms. The molecular formula is C19H25B3N6O. The molecule has 4 rings (SSSR count). The molecule has 3 heterocycles. The number of benzene rings is 1. The zero-order valence-electron chi connectivity index (χ0n) is 17.5. The summed E-state index contributed by atoms with van der Waals surface area (Å²) in [6.45, 7) is 3.90. The fourth-order valence-corrected chi connectivity index (χ4v) is 3.65. The van der Waals surface area contributed by atoms with Crippen LogP contribution in [0.3, 0.4) is 0 Å². The molecule has 0 unspecified atom stereocenters. The summed E-state index contributed by atoms with van der Waals surface area (Å²) in [6, 6.07) is 7.76. The van der Waals surface area contributed by atoms with E-state index in [1.807, 2.05) is 36.0 Å². The molecule has 7 nitrogen and oxygen atoms in total. The van der Waals surface area contributed by atoms with Crippen molar-refractivity contribution in [1.29, 1.82) is 0 Å². The highest BCUT2D eigenvalue weighted by Gasteiger charge is 2.24. The first kappa shape index (κ1) is 19.7. The summed E-state index contributed by atoms with van der Waals surface area (Å²) in [6.07, 6.45) is 6.24. The molecule has 1 amide bonds. The number of aromatic nitrogens is 4. The van der Waals surface area contributed by atoms with Gasteiger partial charge in [0.1, 0.15) is 23.5 Å². The Hall–Kier alpha value is -2.61. The fourth-order valence-electron chi connectivity index (χ4n) is 3.65. The van der Waals surface area contributed by atoms with Crippen molar-refractivity contribution in [2.24, 2.45) is 0 Å². The molecule has 1 aliphatic heterocycles. The van der Waals surface area contributed by atoms with E-state index in [4.69, 9.17) is 0 Å². The van der Waals surface area contributed by atoms with E-state index in [1.165, 1.54) is 0 Å². The molecule has 146 valence electrons. The minimum Gasteiger partial charge on any atom is -0.308 e. The average molecular weight is 386 g/mol. The highest BCUT2D eigenvalue weighted by Crippen LogP contribution is 2.25. The number of likely N-dealkylation sites (tertiary alicyclic amines) is 1. The molecule has 1 atom stereocenters. The Bertz CT molecular complexity index is 1040. The van der Waals surface area contributed by atoms with Crippen molar-refractivity contribution in [2.75, 3.05) is 18.4 Å². The normalized spacial score (nSPS) is 16.2. The third-order valence-corrected chi connectivity index (χ3v) is 5.51. The van der Waals surface area contributed by atoms with Gasteiger partial charge in [-0.2, -0.15) is 5.10 Å². The van der Waals surface area contributed by atoms with Crippen LogP contribution in [0, 0.1) is 0 Å². The summed E-state index contributed by atoms with van der Waals surface area (Å²) in [5.41, 5.74) is 2.90. The molecule has 0 spiro atoms. The zero-order valence-corrected chi connectivity index (χ0v) is 17.5. The van der Waals surface area contributed by atoms with Crippen molar-refractivity contribution in [3.05, 3.63) is 36.7 Å². The predicted molar refractivity (Wildman–Crippen MR) is 123 cm³/mol. The summed E-state index contributed by atoms with van der Waals surface area (Å²) in [4.78, 5) is 14.8. The van der Waals surface area contributed by atoms with Gasteiger partial charge < -0.3 is 5.32 Å². The molecule has 29 heavy (non-hydrogen) atoms. The van der Waals surface area contributed by atoms with Gasteiger partial charge in [0.25, 0.3) is 0 Å². The molecule has 0 bridgehead atoms. The Balaban J connectivity index is 1.56. The number of nitrogens with zero attached hydrogens (tertiary/aromatic N) is 5. The number of anilines is 1. The van der Waals surface area contributed by atoms with Crippen LogP contribution in [0.1, 0.15) is 19.8 Å². The van der Waals surface area contributed by atoms with Gasteiger partial charge >= 0.3 is 0 Å². The van der Waals surface area contributed by atoms with Gasteiger partial charge in [0.05, 0.1) is 17.8 Å². The smallest absolute Gasteiger partial charge is 0.242 e. The van der Waals surface area contributed by atoms with E-state index in [2.05, 4.69) is 61.3 Å². The monoisotopic (exact) mass is 386 g/mol. The van der Waals surface area contributed by atoms with Gasteiger partial charge in [-0.3, -0.25) is 14.4 Å². The van der Waals surface area contributed by atoms with Gasteiger partial charge in [-0.15, -0.1) is 10.2 Å². The van der Waals surface area contributed by atoms with Crippen LogP contribution in [-0.4, -0.2) is 73.5 Å². The molecule has 1 saturated heterocycles. The maximum absolute atomic E-state index is 12.6. The third kappa shape index (κ3) is 4.22. The second-order valence-corrected chi connectivity index (χ2v) is 8.76. The van der Waals surface area contributed by atoms with Crippen LogP contribution in [-0.2, 0) is 10.0 Å². The van der Waals surface area contributed by atoms with Crippen molar-refractivity contribution in [2.45, 2.75) is 31.0 Å². The Morgan fingerprint density at radius 1 is 1.14 bits per heavy atom. The lowest BCUT2D eigenvalue weighted by Crippen LogP contribution is -2.40. The summed E-state index contributed by atoms with van der Waals surface area (Å²) >= 11 is 0. The average Bonchev–Trinajstić information content (AvgIpc) is 3.38. The van der Waals surface area contributed by atoms with Crippen LogP contribution in [0.5, 0.6) is 0 Å². The number of rotatable bonds is 5. The van der Waals surface area contributed by atoms with Gasteiger partial charge in [-0.1, -0.05) is 6.07 Å². The van der Waals surface area contributed by atoms with Gasteiger partial charge in [0, 0.05) is 17.1 Å². The van der Waals surface area contributed by atoms with Crippen LogP contribution in [0.4, 0.5) is 5.82 Å². The number of amides is 1. The molecule has 2 aromatic heterocycles. The maximum Gasteiger partial charge on any atom is 0.242 e. The van der Waals surface area contributed by atoms with E-state index >= 15 is 0 Å². The van der Waals surface area contributed by atoms with E-state index in [0.717, 1.165) is 48.0 Å². The molecule has 1 aromatic carbocycles. The molecule has 1 aliphatic rings. The van der Waals surface area contributed by atoms with Crippen LogP contribution >= 0.6 is 0 Å². The van der Waals surface area contributed by atoms with E-state index in [1.54, 1.807) is 0 Å². The lowest BCUT2D eigenvalue weighted by atomic mass is 9.49. The highest BCUT2D eigenvalue weighted by atomic mass is 16.2. The standard InChI is InChI=1S/C19H25B3N6O/c1-12(27-6-2-3-7-27)18(29)24-17-9-14-8-13(4-5-16(14)25-26-17)15-10-23-28(11-15)19(20,21)22/h4-5,8-12H,2-3,6-7,20-22H2,1H3,(H,24,26,29)/t12-/m0/s1. The molecule has 0 saturated carbocycles. The van der Waals surface area contributed by atoms with Crippen LogP contribution in [0.2, 0.25) is 0 Å². The van der Waals surface area contributed by atoms with Crippen molar-refractivity contribution in [1.82, 2.24) is 24.9 Å². The maximum atomic E-state index is 12.6. The number of carbonyl (C=O) groups excluding carboxylic acids is 1. The second-order valence-electron chi connectivity index (χ2n) is 8.76. The van der Waals surface area contributed by atoms with E-state index in [9.17, 15) is 4.79 Å². The fraction of sp³-hybridized carbons (Fsp3) is 0.368. The van der Waals surface area contributed by atoms with Crippen LogP contribution in [0.15, 0.2) is 36.7 Å². The molecule has 0 radical (unpaired) electrons. The largest absolute Gasteiger partial charge is 0.308 e. The van der Waals surface area contributed by atoms with Gasteiger partial charge in [-0.25, -0.2) is 0 Å². The van der Waals surface area contributed by atoms with Crippen molar-refractivity contribution < 1.29 is 4.79 Å². The summed E-state index contributed by atoms with van der Waals surface area (Å²) in [5.74, 6) is 0.444. The number of nitrogens with one attached hydrogen (secondary N) is 1. The van der Waals surface area contributed by atoms with Crippen molar-refractivity contribution >= 4 is 46.2 Å². The summed E-state index contributed by atoms with van der Waals surface area (Å²) < 4.78 is 1.96. The number of hydrogen-bond donors (Lipinski definition) is 1. The van der Waals surface area contributed by atoms with Gasteiger partial charge in [0.2, 0.25) is 5.91 Å². The minimum absolute atomic E-state index is 0.0387. The van der Waals surface area contributed by atoms with E-state index in [0.29, 0.717) is 5.82 Å². The topological polar surface area (TPSA) is 75.9 Å². The van der Waals surface area contributed by atoms with Gasteiger partial charge in [-0.05, 0) is 61.9 Å². The number of hydrogen-bond acceptors (Lipinski definition) is 5. The first-order chi connectivity index (χ1) is 13.8. The predicted octanol–water partition coefficient (Wildman–Crippen LogP) is -0.617. The Kier molecular flexibility index (Phi) is 5.21. The zero-order chi connectivity index (χ0) is 20.6. The van der Waals surface area contributed by atoms with Crippen molar-refractivity contribution in [3.63, 3.8) is 0 Å². The molecule has 0 aliphatic carbocycles. The molecule has 1 fully saturated rings. The number of carbonyl (C=O) groups is 1. The molecular weight excluding hydrogens is 361 g/mol. The van der Waals surface area contributed by atoms with Crippen LogP contribution in [0.25, 0.3) is 22.0 Å². The number of fused-ring (bicyclic) bond motifs is 1. The second kappa shape index (κ2) is 7.67. The molecule has 1 N–H and O–H groups in total. The quantitative estimate of drug-likeness (QED) is 0.593.